The highest BCUT2D eigenvalue weighted by Crippen LogP contribution is 2.59. The average Bonchev–Trinajstić information content (AvgIpc) is 3.08. The Hall–Kier alpha value is -1.39. The van der Waals surface area contributed by atoms with Gasteiger partial charge in [-0.05, 0) is 38.3 Å². The van der Waals surface area contributed by atoms with Crippen LogP contribution in [-0.2, 0) is 14.2 Å². The van der Waals surface area contributed by atoms with E-state index >= 15 is 0 Å². The van der Waals surface area contributed by atoms with Crippen LogP contribution in [-0.4, -0.2) is 30.1 Å². The predicted molar refractivity (Wildman–Crippen MR) is 71.1 cm³/mol. The summed E-state index contributed by atoms with van der Waals surface area (Å²) in [5, 5.41) is 0. The minimum Gasteiger partial charge on any atom is -0.456 e. The molecule has 5 atom stereocenters. The van der Waals surface area contributed by atoms with Gasteiger partial charge >= 0.3 is 5.97 Å². The van der Waals surface area contributed by atoms with Crippen molar-refractivity contribution in [1.29, 1.82) is 0 Å². The van der Waals surface area contributed by atoms with E-state index in [4.69, 9.17) is 14.2 Å². The number of hydrogen-bond donors (Lipinski definition) is 0. The number of hydrogen-bond acceptors (Lipinski definition) is 4. The molecule has 1 aromatic rings. The van der Waals surface area contributed by atoms with Gasteiger partial charge in [0.2, 0.25) is 0 Å². The quantitative estimate of drug-likeness (QED) is 0.777. The van der Waals surface area contributed by atoms with Crippen LogP contribution < -0.4 is 0 Å². The third-order valence-electron chi connectivity index (χ3n) is 4.48. The maximum atomic E-state index is 12.2. The summed E-state index contributed by atoms with van der Waals surface area (Å²) >= 11 is 0. The maximum absolute atomic E-state index is 12.2. The molecule has 3 fully saturated rings. The van der Waals surface area contributed by atoms with E-state index in [0.29, 0.717) is 17.4 Å². The summed E-state index contributed by atoms with van der Waals surface area (Å²) < 4.78 is 17.6. The maximum Gasteiger partial charge on any atom is 0.338 e. The third kappa shape index (κ3) is 1.86. The van der Waals surface area contributed by atoms with Crippen LogP contribution >= 0.6 is 0 Å². The largest absolute Gasteiger partial charge is 0.456 e. The monoisotopic (exact) mass is 274 g/mol. The van der Waals surface area contributed by atoms with E-state index < -0.39 is 5.79 Å². The van der Waals surface area contributed by atoms with Crippen LogP contribution in [0.3, 0.4) is 0 Å². The van der Waals surface area contributed by atoms with Crippen molar-refractivity contribution in [2.24, 2.45) is 11.8 Å². The molecule has 0 N–H and O–H groups in total. The van der Waals surface area contributed by atoms with Crippen LogP contribution in [0.2, 0.25) is 0 Å². The van der Waals surface area contributed by atoms with Gasteiger partial charge in [-0.1, -0.05) is 18.2 Å². The lowest BCUT2D eigenvalue weighted by Crippen LogP contribution is -2.35. The smallest absolute Gasteiger partial charge is 0.338 e. The molecule has 3 aliphatic rings. The van der Waals surface area contributed by atoms with Crippen molar-refractivity contribution >= 4 is 5.97 Å². The number of carbonyl (C=O) groups excluding carboxylic acids is 1. The molecule has 0 unspecified atom stereocenters. The van der Waals surface area contributed by atoms with Crippen molar-refractivity contribution in [2.45, 2.75) is 44.4 Å². The second-order valence-electron chi connectivity index (χ2n) is 6.36. The molecule has 0 bridgehead atoms. The third-order valence-corrected chi connectivity index (χ3v) is 4.48. The standard InChI is InChI=1S/C16H18O4/c1-16(2)19-13-11-8-10(11)12(14(13)20-16)18-15(17)9-6-4-3-5-7-9/h3-7,10-14H,8H2,1-2H3/t10-,11+,12+,13-,14+/m1/s1. The van der Waals surface area contributed by atoms with Crippen molar-refractivity contribution < 1.29 is 19.0 Å². The van der Waals surface area contributed by atoms with Crippen LogP contribution in [0.15, 0.2) is 30.3 Å². The first-order valence-electron chi connectivity index (χ1n) is 7.17. The number of carbonyl (C=O) groups is 1. The van der Waals surface area contributed by atoms with Gasteiger partial charge in [0.25, 0.3) is 0 Å². The molecule has 0 spiro atoms. The summed E-state index contributed by atoms with van der Waals surface area (Å²) in [7, 11) is 0. The second kappa shape index (κ2) is 4.06. The molecule has 2 saturated carbocycles. The van der Waals surface area contributed by atoms with Gasteiger partial charge < -0.3 is 14.2 Å². The van der Waals surface area contributed by atoms with Crippen molar-refractivity contribution in [3.63, 3.8) is 0 Å². The zero-order chi connectivity index (χ0) is 13.9. The van der Waals surface area contributed by atoms with Crippen molar-refractivity contribution in [2.75, 3.05) is 0 Å². The molecule has 0 amide bonds. The van der Waals surface area contributed by atoms with Crippen LogP contribution in [0.5, 0.6) is 0 Å². The van der Waals surface area contributed by atoms with Gasteiger partial charge in [0.1, 0.15) is 12.2 Å². The van der Waals surface area contributed by atoms with Crippen LogP contribution in [0, 0.1) is 11.8 Å². The molecule has 1 aliphatic heterocycles. The molecule has 1 saturated heterocycles. The lowest BCUT2D eigenvalue weighted by molar-refractivity contribution is -0.163. The van der Waals surface area contributed by atoms with Crippen molar-refractivity contribution in [3.8, 4) is 0 Å². The van der Waals surface area contributed by atoms with Crippen molar-refractivity contribution in [1.82, 2.24) is 0 Å². The molecule has 20 heavy (non-hydrogen) atoms. The molecule has 0 aromatic heterocycles. The SMILES string of the molecule is CC1(C)O[C@@H]2[C@H](O1)[C@H]1C[C@H]1[C@@H]2OC(=O)c1ccccc1. The highest BCUT2D eigenvalue weighted by atomic mass is 16.8. The fraction of sp³-hybridized carbons (Fsp3) is 0.562. The van der Waals surface area contributed by atoms with E-state index in [-0.39, 0.29) is 24.3 Å². The highest BCUT2D eigenvalue weighted by molar-refractivity contribution is 5.89. The van der Waals surface area contributed by atoms with Gasteiger partial charge in [0.15, 0.2) is 5.79 Å². The summed E-state index contributed by atoms with van der Waals surface area (Å²) in [5.74, 6) is 0.0691. The average molecular weight is 274 g/mol. The number of rotatable bonds is 2. The molecule has 4 rings (SSSR count). The normalized spacial score (nSPS) is 40.0. The Morgan fingerprint density at radius 2 is 1.85 bits per heavy atom. The highest BCUT2D eigenvalue weighted by Gasteiger charge is 2.67. The number of benzene rings is 1. The molecule has 4 nitrogen and oxygen atoms in total. The number of esters is 1. The topological polar surface area (TPSA) is 44.8 Å². The Morgan fingerprint density at radius 3 is 2.60 bits per heavy atom. The van der Waals surface area contributed by atoms with Gasteiger partial charge in [-0.15, -0.1) is 0 Å². The van der Waals surface area contributed by atoms with Gasteiger partial charge in [0, 0.05) is 5.92 Å². The molecule has 2 aliphatic carbocycles. The molecular formula is C16H18O4. The van der Waals surface area contributed by atoms with Crippen molar-refractivity contribution in [3.05, 3.63) is 35.9 Å². The summed E-state index contributed by atoms with van der Waals surface area (Å²) in [5.41, 5.74) is 0.589. The Labute approximate surface area is 118 Å². The summed E-state index contributed by atoms with van der Waals surface area (Å²) in [6.07, 6.45) is 0.886. The van der Waals surface area contributed by atoms with E-state index in [1.54, 1.807) is 12.1 Å². The van der Waals surface area contributed by atoms with E-state index in [1.165, 1.54) is 0 Å². The van der Waals surface area contributed by atoms with Crippen LogP contribution in [0.25, 0.3) is 0 Å². The zero-order valence-corrected chi connectivity index (χ0v) is 11.6. The van der Waals surface area contributed by atoms with Gasteiger partial charge in [-0.25, -0.2) is 4.79 Å². The summed E-state index contributed by atoms with van der Waals surface area (Å²) in [4.78, 5) is 12.2. The molecule has 106 valence electrons. The Morgan fingerprint density at radius 1 is 1.15 bits per heavy atom. The minimum absolute atomic E-state index is 0.0866. The lowest BCUT2D eigenvalue weighted by Gasteiger charge is -2.23. The molecular weight excluding hydrogens is 256 g/mol. The number of fused-ring (bicyclic) bond motifs is 3. The molecule has 0 radical (unpaired) electrons. The predicted octanol–water partition coefficient (Wildman–Crippen LogP) is 2.38. The fourth-order valence-corrected chi connectivity index (χ4v) is 3.56. The van der Waals surface area contributed by atoms with E-state index in [1.807, 2.05) is 32.0 Å². The molecule has 4 heteroatoms. The first-order valence-corrected chi connectivity index (χ1v) is 7.17. The van der Waals surface area contributed by atoms with E-state index in [9.17, 15) is 4.79 Å². The van der Waals surface area contributed by atoms with Crippen LogP contribution in [0.1, 0.15) is 30.6 Å². The minimum atomic E-state index is -0.569. The lowest BCUT2D eigenvalue weighted by atomic mass is 10.1. The van der Waals surface area contributed by atoms with Gasteiger partial charge in [0.05, 0.1) is 11.7 Å². The first-order chi connectivity index (χ1) is 9.55. The van der Waals surface area contributed by atoms with Crippen LogP contribution in [0.4, 0.5) is 0 Å². The Kier molecular flexibility index (Phi) is 2.51. The van der Waals surface area contributed by atoms with Gasteiger partial charge in [-0.2, -0.15) is 0 Å². The van der Waals surface area contributed by atoms with E-state index in [0.717, 1.165) is 6.42 Å². The fourth-order valence-electron chi connectivity index (χ4n) is 3.56. The summed E-state index contributed by atoms with van der Waals surface area (Å²) in [6.45, 7) is 3.83. The first kappa shape index (κ1) is 12.4. The molecule has 1 aromatic carbocycles. The Balaban J connectivity index is 1.51. The second-order valence-corrected chi connectivity index (χ2v) is 6.36. The molecule has 1 heterocycles. The Bertz CT molecular complexity index is 539. The van der Waals surface area contributed by atoms with Gasteiger partial charge in [-0.3, -0.25) is 0 Å². The zero-order valence-electron chi connectivity index (χ0n) is 11.6. The summed E-state index contributed by atoms with van der Waals surface area (Å²) in [6, 6.07) is 9.11. The number of ether oxygens (including phenoxy) is 3. The van der Waals surface area contributed by atoms with E-state index in [2.05, 4.69) is 0 Å².